The number of piperidine rings is 1. The van der Waals surface area contributed by atoms with Gasteiger partial charge in [-0.15, -0.1) is 24.0 Å². The van der Waals surface area contributed by atoms with Gasteiger partial charge < -0.3 is 15.5 Å². The lowest BCUT2D eigenvalue weighted by molar-refractivity contribution is -0.131. The van der Waals surface area contributed by atoms with Crippen LogP contribution in [0, 0.1) is 0 Å². The van der Waals surface area contributed by atoms with Crippen LogP contribution in [-0.4, -0.2) is 60.4 Å². The first-order chi connectivity index (χ1) is 14.7. The van der Waals surface area contributed by atoms with Crippen molar-refractivity contribution in [2.45, 2.75) is 71.5 Å². The topological polar surface area (TPSA) is 60.0 Å². The Morgan fingerprint density at radius 2 is 1.87 bits per heavy atom. The molecule has 1 atom stereocenters. The summed E-state index contributed by atoms with van der Waals surface area (Å²) in [6.07, 6.45) is 6.61. The molecule has 2 heterocycles. The summed E-state index contributed by atoms with van der Waals surface area (Å²) in [5.41, 5.74) is 2.56. The second-order valence-electron chi connectivity index (χ2n) is 8.40. The van der Waals surface area contributed by atoms with Gasteiger partial charge in [-0.1, -0.05) is 37.6 Å². The number of amides is 1. The van der Waals surface area contributed by atoms with E-state index in [0.29, 0.717) is 13.0 Å². The van der Waals surface area contributed by atoms with Crippen LogP contribution < -0.4 is 10.6 Å². The molecule has 1 fully saturated rings. The lowest BCUT2D eigenvalue weighted by Crippen LogP contribution is -2.46. The minimum Gasteiger partial charge on any atom is -0.357 e. The molecule has 1 unspecified atom stereocenters. The Labute approximate surface area is 205 Å². The number of nitrogens with zero attached hydrogens (tertiary/aromatic N) is 3. The SMILES string of the molecule is CCNC(=NCCCC(=O)N1Cc2ccccc2C1)NCCN1CCCCC1CC.I. The maximum atomic E-state index is 12.5. The predicted octanol–water partition coefficient (Wildman–Crippen LogP) is 3.75. The highest BCUT2D eigenvalue weighted by Gasteiger charge is 2.22. The third-order valence-electron chi connectivity index (χ3n) is 6.27. The van der Waals surface area contributed by atoms with Crippen LogP contribution in [0.1, 0.15) is 63.5 Å². The minimum absolute atomic E-state index is 0. The Morgan fingerprint density at radius 1 is 1.13 bits per heavy atom. The molecule has 1 aromatic carbocycles. The van der Waals surface area contributed by atoms with Crippen LogP contribution in [0.5, 0.6) is 0 Å². The van der Waals surface area contributed by atoms with Crippen molar-refractivity contribution in [2.75, 3.05) is 32.7 Å². The van der Waals surface area contributed by atoms with E-state index in [1.807, 2.05) is 17.0 Å². The molecular formula is C24H40IN5O. The van der Waals surface area contributed by atoms with Crippen LogP contribution >= 0.6 is 24.0 Å². The maximum absolute atomic E-state index is 12.5. The first-order valence-electron chi connectivity index (χ1n) is 11.8. The summed E-state index contributed by atoms with van der Waals surface area (Å²) in [7, 11) is 0. The lowest BCUT2D eigenvalue weighted by Gasteiger charge is -2.35. The van der Waals surface area contributed by atoms with Gasteiger partial charge in [0, 0.05) is 51.7 Å². The van der Waals surface area contributed by atoms with Gasteiger partial charge in [0.15, 0.2) is 5.96 Å². The number of fused-ring (bicyclic) bond motifs is 1. The van der Waals surface area contributed by atoms with Crippen molar-refractivity contribution in [2.24, 2.45) is 4.99 Å². The Morgan fingerprint density at radius 3 is 2.55 bits per heavy atom. The molecular weight excluding hydrogens is 501 g/mol. The van der Waals surface area contributed by atoms with Crippen LogP contribution in [-0.2, 0) is 17.9 Å². The van der Waals surface area contributed by atoms with E-state index in [9.17, 15) is 4.79 Å². The summed E-state index contributed by atoms with van der Waals surface area (Å²) in [5, 5.41) is 6.80. The summed E-state index contributed by atoms with van der Waals surface area (Å²) in [4.78, 5) is 21.8. The number of benzene rings is 1. The maximum Gasteiger partial charge on any atom is 0.223 e. The van der Waals surface area contributed by atoms with Crippen LogP contribution in [0.2, 0.25) is 0 Å². The highest BCUT2D eigenvalue weighted by atomic mass is 127. The summed E-state index contributed by atoms with van der Waals surface area (Å²) < 4.78 is 0. The quantitative estimate of drug-likeness (QED) is 0.217. The summed E-state index contributed by atoms with van der Waals surface area (Å²) in [6.45, 7) is 10.6. The smallest absolute Gasteiger partial charge is 0.223 e. The van der Waals surface area contributed by atoms with Gasteiger partial charge >= 0.3 is 0 Å². The van der Waals surface area contributed by atoms with Crippen molar-refractivity contribution in [1.82, 2.24) is 20.4 Å². The average Bonchev–Trinajstić information content (AvgIpc) is 3.21. The molecule has 3 rings (SSSR count). The number of rotatable bonds is 9. The molecule has 0 aromatic heterocycles. The number of hydrogen-bond donors (Lipinski definition) is 2. The molecule has 174 valence electrons. The second-order valence-corrected chi connectivity index (χ2v) is 8.40. The van der Waals surface area contributed by atoms with Gasteiger partial charge in [0.1, 0.15) is 0 Å². The van der Waals surface area contributed by atoms with Crippen LogP contribution in [0.25, 0.3) is 0 Å². The van der Waals surface area contributed by atoms with E-state index in [2.05, 4.69) is 46.5 Å². The molecule has 0 spiro atoms. The molecule has 0 bridgehead atoms. The number of guanidine groups is 1. The molecule has 0 saturated carbocycles. The highest BCUT2D eigenvalue weighted by molar-refractivity contribution is 14.0. The van der Waals surface area contributed by atoms with E-state index in [1.54, 1.807) is 0 Å². The number of halogens is 1. The Balaban J connectivity index is 0.00000341. The largest absolute Gasteiger partial charge is 0.357 e. The van der Waals surface area contributed by atoms with E-state index in [0.717, 1.165) is 51.1 Å². The summed E-state index contributed by atoms with van der Waals surface area (Å²) in [5.74, 6) is 1.10. The first-order valence-corrected chi connectivity index (χ1v) is 11.8. The molecule has 6 nitrogen and oxygen atoms in total. The molecule has 0 aliphatic carbocycles. The second kappa shape index (κ2) is 13.9. The number of aliphatic imine (C=N–C) groups is 1. The molecule has 2 aliphatic rings. The average molecular weight is 542 g/mol. The minimum atomic E-state index is 0. The predicted molar refractivity (Wildman–Crippen MR) is 139 cm³/mol. The molecule has 31 heavy (non-hydrogen) atoms. The molecule has 1 aromatic rings. The normalized spacial score (nSPS) is 19.0. The van der Waals surface area contributed by atoms with Crippen molar-refractivity contribution in [1.29, 1.82) is 0 Å². The number of carbonyl (C=O) groups excluding carboxylic acids is 1. The zero-order valence-corrected chi connectivity index (χ0v) is 21.6. The van der Waals surface area contributed by atoms with Gasteiger partial charge in [-0.25, -0.2) is 0 Å². The molecule has 1 saturated heterocycles. The monoisotopic (exact) mass is 541 g/mol. The Kier molecular flexibility index (Phi) is 11.6. The van der Waals surface area contributed by atoms with E-state index < -0.39 is 0 Å². The van der Waals surface area contributed by atoms with E-state index >= 15 is 0 Å². The molecule has 2 aliphatic heterocycles. The fraction of sp³-hybridized carbons (Fsp3) is 0.667. The van der Waals surface area contributed by atoms with Crippen LogP contribution in [0.4, 0.5) is 0 Å². The van der Waals surface area contributed by atoms with Crippen molar-refractivity contribution in [3.05, 3.63) is 35.4 Å². The van der Waals surface area contributed by atoms with Gasteiger partial charge in [0.2, 0.25) is 5.91 Å². The molecule has 0 radical (unpaired) electrons. The fourth-order valence-corrected chi connectivity index (χ4v) is 4.57. The van der Waals surface area contributed by atoms with Crippen molar-refractivity contribution in [3.8, 4) is 0 Å². The number of carbonyl (C=O) groups is 1. The zero-order chi connectivity index (χ0) is 21.2. The van der Waals surface area contributed by atoms with Crippen molar-refractivity contribution < 1.29 is 4.79 Å². The van der Waals surface area contributed by atoms with Crippen molar-refractivity contribution in [3.63, 3.8) is 0 Å². The van der Waals surface area contributed by atoms with Gasteiger partial charge in [0.25, 0.3) is 0 Å². The zero-order valence-electron chi connectivity index (χ0n) is 19.2. The number of hydrogen-bond acceptors (Lipinski definition) is 3. The lowest BCUT2D eigenvalue weighted by atomic mass is 10.0. The summed E-state index contributed by atoms with van der Waals surface area (Å²) in [6, 6.07) is 9.07. The standard InChI is InChI=1S/C24H39N5O.HI/c1-3-22-12-7-8-16-28(22)17-15-27-24(25-4-2)26-14-9-13-23(30)29-18-20-10-5-6-11-21(20)19-29;/h5-6,10-11,22H,3-4,7-9,12-19H2,1-2H3,(H2,25,26,27);1H. The number of nitrogens with one attached hydrogen (secondary N) is 2. The summed E-state index contributed by atoms with van der Waals surface area (Å²) >= 11 is 0. The molecule has 7 heteroatoms. The van der Waals surface area contributed by atoms with Crippen LogP contribution in [0.3, 0.4) is 0 Å². The highest BCUT2D eigenvalue weighted by Crippen LogP contribution is 2.23. The van der Waals surface area contributed by atoms with E-state index in [-0.39, 0.29) is 29.9 Å². The van der Waals surface area contributed by atoms with Gasteiger partial charge in [-0.05, 0) is 50.3 Å². The fourth-order valence-electron chi connectivity index (χ4n) is 4.57. The molecule has 1 amide bonds. The van der Waals surface area contributed by atoms with E-state index in [4.69, 9.17) is 0 Å². The Bertz CT molecular complexity index is 686. The third kappa shape index (κ3) is 7.93. The van der Waals surface area contributed by atoms with Crippen molar-refractivity contribution >= 4 is 35.8 Å². The third-order valence-corrected chi connectivity index (χ3v) is 6.27. The van der Waals surface area contributed by atoms with Gasteiger partial charge in [-0.3, -0.25) is 14.7 Å². The van der Waals surface area contributed by atoms with Gasteiger partial charge in [0.05, 0.1) is 0 Å². The first kappa shape index (κ1) is 25.9. The van der Waals surface area contributed by atoms with Crippen LogP contribution in [0.15, 0.2) is 29.3 Å². The Hall–Kier alpha value is -1.35. The number of likely N-dealkylation sites (tertiary alicyclic amines) is 1. The van der Waals surface area contributed by atoms with E-state index in [1.165, 1.54) is 43.4 Å². The van der Waals surface area contributed by atoms with Gasteiger partial charge in [-0.2, -0.15) is 0 Å². The molecule has 2 N–H and O–H groups in total.